The lowest BCUT2D eigenvalue weighted by molar-refractivity contribution is 0.180. The summed E-state index contributed by atoms with van der Waals surface area (Å²) in [6.07, 6.45) is 1.76. The highest BCUT2D eigenvalue weighted by Gasteiger charge is 2.26. The minimum Gasteiger partial charge on any atom is -0.385 e. The highest BCUT2D eigenvalue weighted by molar-refractivity contribution is 5.24. The SMILES string of the molecule is Cc1nc(C(O)CN)c2n1CCCC2C. The molecular weight excluding hydrogens is 190 g/mol. The van der Waals surface area contributed by atoms with Crippen molar-refractivity contribution in [1.29, 1.82) is 0 Å². The lowest BCUT2D eigenvalue weighted by atomic mass is 9.95. The zero-order valence-corrected chi connectivity index (χ0v) is 9.40. The Bertz CT molecular complexity index is 359. The second-order valence-electron chi connectivity index (χ2n) is 4.38. The Kier molecular flexibility index (Phi) is 2.80. The molecule has 0 aromatic carbocycles. The molecule has 0 spiro atoms. The van der Waals surface area contributed by atoms with Gasteiger partial charge in [-0.1, -0.05) is 6.92 Å². The molecule has 0 amide bonds. The van der Waals surface area contributed by atoms with Crippen LogP contribution in [0, 0.1) is 6.92 Å². The second kappa shape index (κ2) is 3.94. The number of nitrogens with two attached hydrogens (primary N) is 1. The summed E-state index contributed by atoms with van der Waals surface area (Å²) in [5.74, 6) is 1.48. The van der Waals surface area contributed by atoms with Gasteiger partial charge in [-0.25, -0.2) is 4.98 Å². The molecule has 0 aliphatic carbocycles. The minimum absolute atomic E-state index is 0.246. The van der Waals surface area contributed by atoms with E-state index in [1.807, 2.05) is 6.92 Å². The number of fused-ring (bicyclic) bond motifs is 1. The Labute approximate surface area is 90.1 Å². The van der Waals surface area contributed by atoms with E-state index in [1.54, 1.807) is 0 Å². The topological polar surface area (TPSA) is 64.1 Å². The first-order valence-corrected chi connectivity index (χ1v) is 5.60. The van der Waals surface area contributed by atoms with Gasteiger partial charge in [-0.3, -0.25) is 0 Å². The molecule has 0 bridgehead atoms. The average Bonchev–Trinajstić information content (AvgIpc) is 2.57. The number of imidazole rings is 1. The fourth-order valence-electron chi connectivity index (χ4n) is 2.45. The maximum Gasteiger partial charge on any atom is 0.110 e. The van der Waals surface area contributed by atoms with Gasteiger partial charge < -0.3 is 15.4 Å². The lowest BCUT2D eigenvalue weighted by Crippen LogP contribution is -2.19. The molecule has 1 aromatic rings. The van der Waals surface area contributed by atoms with Gasteiger partial charge in [0.15, 0.2) is 0 Å². The van der Waals surface area contributed by atoms with Gasteiger partial charge in [0.05, 0.1) is 5.69 Å². The van der Waals surface area contributed by atoms with Crippen molar-refractivity contribution in [3.8, 4) is 0 Å². The Morgan fingerprint density at radius 2 is 2.40 bits per heavy atom. The smallest absolute Gasteiger partial charge is 0.110 e. The molecule has 4 heteroatoms. The van der Waals surface area contributed by atoms with E-state index in [0.29, 0.717) is 5.92 Å². The average molecular weight is 209 g/mol. The predicted molar refractivity (Wildman–Crippen MR) is 58.6 cm³/mol. The number of hydrogen-bond acceptors (Lipinski definition) is 3. The molecule has 0 saturated heterocycles. The highest BCUT2D eigenvalue weighted by Crippen LogP contribution is 2.32. The van der Waals surface area contributed by atoms with E-state index < -0.39 is 6.10 Å². The summed E-state index contributed by atoms with van der Waals surface area (Å²) in [6.45, 7) is 5.46. The third-order valence-corrected chi connectivity index (χ3v) is 3.25. The van der Waals surface area contributed by atoms with Crippen LogP contribution in [0.3, 0.4) is 0 Å². The van der Waals surface area contributed by atoms with Crippen molar-refractivity contribution >= 4 is 0 Å². The molecule has 0 radical (unpaired) electrons. The Morgan fingerprint density at radius 3 is 3.07 bits per heavy atom. The highest BCUT2D eigenvalue weighted by atomic mass is 16.3. The van der Waals surface area contributed by atoms with E-state index in [2.05, 4.69) is 16.5 Å². The zero-order valence-electron chi connectivity index (χ0n) is 9.40. The molecular formula is C11H19N3O. The van der Waals surface area contributed by atoms with Gasteiger partial charge in [0.25, 0.3) is 0 Å². The molecule has 0 saturated carbocycles. The van der Waals surface area contributed by atoms with Gasteiger partial charge in [0.2, 0.25) is 0 Å². The number of aromatic nitrogens is 2. The third-order valence-electron chi connectivity index (χ3n) is 3.25. The van der Waals surface area contributed by atoms with Crippen molar-refractivity contribution in [2.24, 2.45) is 5.73 Å². The van der Waals surface area contributed by atoms with E-state index in [4.69, 9.17) is 5.73 Å². The minimum atomic E-state index is -0.611. The van der Waals surface area contributed by atoms with Crippen molar-refractivity contribution < 1.29 is 5.11 Å². The molecule has 1 aliphatic rings. The van der Waals surface area contributed by atoms with Crippen LogP contribution < -0.4 is 5.73 Å². The van der Waals surface area contributed by atoms with Crippen LogP contribution in [0.4, 0.5) is 0 Å². The largest absolute Gasteiger partial charge is 0.385 e. The van der Waals surface area contributed by atoms with Crippen LogP contribution >= 0.6 is 0 Å². The quantitative estimate of drug-likeness (QED) is 0.766. The Hall–Kier alpha value is -0.870. The molecule has 1 aromatic heterocycles. The van der Waals surface area contributed by atoms with Crippen molar-refractivity contribution in [3.05, 3.63) is 17.2 Å². The van der Waals surface area contributed by atoms with Crippen LogP contribution in [0.2, 0.25) is 0 Å². The number of hydrogen-bond donors (Lipinski definition) is 2. The maximum atomic E-state index is 9.82. The van der Waals surface area contributed by atoms with E-state index in [-0.39, 0.29) is 6.54 Å². The van der Waals surface area contributed by atoms with Gasteiger partial charge in [-0.2, -0.15) is 0 Å². The molecule has 2 unspecified atom stereocenters. The molecule has 4 nitrogen and oxygen atoms in total. The molecule has 2 atom stereocenters. The first-order valence-electron chi connectivity index (χ1n) is 5.60. The second-order valence-corrected chi connectivity index (χ2v) is 4.38. The van der Waals surface area contributed by atoms with Gasteiger partial charge in [-0.15, -0.1) is 0 Å². The third kappa shape index (κ3) is 1.68. The van der Waals surface area contributed by atoms with Crippen LogP contribution in [-0.2, 0) is 6.54 Å². The molecule has 1 aliphatic heterocycles. The maximum absolute atomic E-state index is 9.82. The summed E-state index contributed by atoms with van der Waals surface area (Å²) in [4.78, 5) is 4.45. The van der Waals surface area contributed by atoms with E-state index in [1.165, 1.54) is 18.5 Å². The summed E-state index contributed by atoms with van der Waals surface area (Å²) in [5, 5.41) is 9.82. The van der Waals surface area contributed by atoms with Crippen molar-refractivity contribution in [1.82, 2.24) is 9.55 Å². The summed E-state index contributed by atoms with van der Waals surface area (Å²) in [7, 11) is 0. The number of aryl methyl sites for hydroxylation is 1. The molecule has 2 rings (SSSR count). The number of aliphatic hydroxyl groups excluding tert-OH is 1. The lowest BCUT2D eigenvalue weighted by Gasteiger charge is -2.23. The predicted octanol–water partition coefficient (Wildman–Crippen LogP) is 1.08. The molecule has 2 heterocycles. The number of nitrogens with zero attached hydrogens (tertiary/aromatic N) is 2. The van der Waals surface area contributed by atoms with Crippen LogP contribution in [0.15, 0.2) is 0 Å². The van der Waals surface area contributed by atoms with E-state index >= 15 is 0 Å². The Morgan fingerprint density at radius 1 is 1.67 bits per heavy atom. The molecule has 0 fully saturated rings. The zero-order chi connectivity index (χ0) is 11.0. The molecule has 84 valence electrons. The molecule has 3 N–H and O–H groups in total. The fraction of sp³-hybridized carbons (Fsp3) is 0.727. The molecule has 15 heavy (non-hydrogen) atoms. The summed E-state index contributed by atoms with van der Waals surface area (Å²) < 4.78 is 2.22. The van der Waals surface area contributed by atoms with Crippen LogP contribution in [0.25, 0.3) is 0 Å². The van der Waals surface area contributed by atoms with Gasteiger partial charge >= 0.3 is 0 Å². The monoisotopic (exact) mass is 209 g/mol. The van der Waals surface area contributed by atoms with Crippen molar-refractivity contribution in [3.63, 3.8) is 0 Å². The number of rotatable bonds is 2. The first kappa shape index (κ1) is 10.6. The van der Waals surface area contributed by atoms with Crippen molar-refractivity contribution in [2.75, 3.05) is 6.54 Å². The van der Waals surface area contributed by atoms with Crippen LogP contribution in [0.5, 0.6) is 0 Å². The van der Waals surface area contributed by atoms with Crippen molar-refractivity contribution in [2.45, 2.75) is 45.3 Å². The van der Waals surface area contributed by atoms with Crippen LogP contribution in [-0.4, -0.2) is 21.2 Å². The number of aliphatic hydroxyl groups is 1. The van der Waals surface area contributed by atoms with E-state index in [0.717, 1.165) is 18.1 Å². The normalized spacial score (nSPS) is 22.5. The summed E-state index contributed by atoms with van der Waals surface area (Å²) >= 11 is 0. The van der Waals surface area contributed by atoms with Gasteiger partial charge in [0, 0.05) is 18.8 Å². The Balaban J connectivity index is 2.48. The standard InChI is InChI=1S/C11H19N3O/c1-7-4-3-5-14-8(2)13-10(11(7)14)9(15)6-12/h7,9,15H,3-6,12H2,1-2H3. The van der Waals surface area contributed by atoms with E-state index in [9.17, 15) is 5.11 Å². The summed E-state index contributed by atoms with van der Waals surface area (Å²) in [5.41, 5.74) is 7.48. The summed E-state index contributed by atoms with van der Waals surface area (Å²) in [6, 6.07) is 0. The fourth-order valence-corrected chi connectivity index (χ4v) is 2.45. The van der Waals surface area contributed by atoms with Gasteiger partial charge in [0.1, 0.15) is 11.9 Å². The van der Waals surface area contributed by atoms with Crippen LogP contribution in [0.1, 0.15) is 49.0 Å². The first-order chi connectivity index (χ1) is 7.15. The van der Waals surface area contributed by atoms with Gasteiger partial charge in [-0.05, 0) is 25.7 Å².